The van der Waals surface area contributed by atoms with Crippen LogP contribution in [0.2, 0.25) is 0 Å². The first-order valence-electron chi connectivity index (χ1n) is 10.2. The summed E-state index contributed by atoms with van der Waals surface area (Å²) in [6.07, 6.45) is 1.68. The van der Waals surface area contributed by atoms with Crippen molar-refractivity contribution < 1.29 is 9.18 Å². The van der Waals surface area contributed by atoms with Gasteiger partial charge in [-0.15, -0.1) is 11.3 Å². The molecule has 1 saturated heterocycles. The number of halogens is 1. The highest BCUT2D eigenvalue weighted by Crippen LogP contribution is 2.31. The first-order chi connectivity index (χ1) is 15.5. The molecule has 1 aliphatic rings. The van der Waals surface area contributed by atoms with Crippen molar-refractivity contribution in [1.82, 2.24) is 19.7 Å². The Labute approximate surface area is 187 Å². The second kappa shape index (κ2) is 8.05. The summed E-state index contributed by atoms with van der Waals surface area (Å²) >= 11 is 1.40. The zero-order valence-corrected chi connectivity index (χ0v) is 18.1. The van der Waals surface area contributed by atoms with E-state index in [2.05, 4.69) is 16.2 Å². The highest BCUT2D eigenvalue weighted by molar-refractivity contribution is 7.20. The molecule has 0 N–H and O–H groups in total. The van der Waals surface area contributed by atoms with Crippen LogP contribution in [0.4, 0.5) is 10.2 Å². The fourth-order valence-electron chi connectivity index (χ4n) is 3.92. The maximum atomic E-state index is 13.3. The average molecular weight is 447 g/mol. The predicted octanol–water partition coefficient (Wildman–Crippen LogP) is 3.76. The van der Waals surface area contributed by atoms with Crippen LogP contribution in [0.1, 0.15) is 20.9 Å². The molecule has 0 spiro atoms. The van der Waals surface area contributed by atoms with Gasteiger partial charge in [-0.1, -0.05) is 0 Å². The van der Waals surface area contributed by atoms with E-state index in [1.165, 1.54) is 23.5 Å². The summed E-state index contributed by atoms with van der Waals surface area (Å²) in [5.41, 5.74) is 2.11. The largest absolute Gasteiger partial charge is 0.352 e. The summed E-state index contributed by atoms with van der Waals surface area (Å²) in [5.74, 6) is 0.346. The topological polar surface area (TPSA) is 78.1 Å². The number of fused-ring (bicyclic) bond motifs is 1. The van der Waals surface area contributed by atoms with E-state index in [1.54, 1.807) is 35.1 Å². The summed E-state index contributed by atoms with van der Waals surface area (Å²) in [6, 6.07) is 13.7. The molecule has 1 aromatic carbocycles. The van der Waals surface area contributed by atoms with Crippen LogP contribution in [-0.2, 0) is 0 Å². The van der Waals surface area contributed by atoms with Crippen LogP contribution in [0.3, 0.4) is 0 Å². The molecule has 0 unspecified atom stereocenters. The number of anilines is 1. The lowest BCUT2D eigenvalue weighted by molar-refractivity contribution is 0.0751. The fourth-order valence-corrected chi connectivity index (χ4v) is 5.07. The molecule has 0 aliphatic carbocycles. The Bertz CT molecular complexity index is 1350. The summed E-state index contributed by atoms with van der Waals surface area (Å²) in [5, 5.41) is 14.8. The molecule has 3 aromatic heterocycles. The molecule has 4 aromatic rings. The highest BCUT2D eigenvalue weighted by atomic mass is 32.1. The average Bonchev–Trinajstić information content (AvgIpc) is 3.40. The monoisotopic (exact) mass is 446 g/mol. The lowest BCUT2D eigenvalue weighted by atomic mass is 10.2. The Morgan fingerprint density at radius 1 is 1.16 bits per heavy atom. The smallest absolute Gasteiger partial charge is 0.264 e. The van der Waals surface area contributed by atoms with Crippen molar-refractivity contribution in [2.45, 2.75) is 6.92 Å². The molecule has 4 heterocycles. The van der Waals surface area contributed by atoms with Gasteiger partial charge in [-0.2, -0.15) is 10.4 Å². The van der Waals surface area contributed by atoms with Crippen molar-refractivity contribution in [3.8, 4) is 11.8 Å². The second-order valence-corrected chi connectivity index (χ2v) is 8.60. The molecule has 1 fully saturated rings. The van der Waals surface area contributed by atoms with Crippen molar-refractivity contribution in [1.29, 1.82) is 5.26 Å². The Kier molecular flexibility index (Phi) is 5.07. The van der Waals surface area contributed by atoms with Gasteiger partial charge in [-0.25, -0.2) is 14.1 Å². The number of hydrogen-bond donors (Lipinski definition) is 0. The van der Waals surface area contributed by atoms with Crippen LogP contribution in [-0.4, -0.2) is 51.8 Å². The van der Waals surface area contributed by atoms with E-state index in [-0.39, 0.29) is 11.7 Å². The maximum absolute atomic E-state index is 13.3. The Balaban J connectivity index is 1.36. The highest BCUT2D eigenvalue weighted by Gasteiger charge is 2.26. The van der Waals surface area contributed by atoms with Crippen molar-refractivity contribution in [2.24, 2.45) is 0 Å². The number of rotatable bonds is 3. The number of nitrogens with zero attached hydrogens (tertiary/aromatic N) is 6. The Morgan fingerprint density at radius 2 is 1.91 bits per heavy atom. The van der Waals surface area contributed by atoms with Crippen LogP contribution >= 0.6 is 11.3 Å². The summed E-state index contributed by atoms with van der Waals surface area (Å²) < 4.78 is 15.1. The minimum Gasteiger partial charge on any atom is -0.352 e. The van der Waals surface area contributed by atoms with E-state index in [9.17, 15) is 14.4 Å². The lowest BCUT2D eigenvalue weighted by Crippen LogP contribution is -2.49. The number of carbonyl (C=O) groups excluding carboxylic acids is 1. The molecule has 5 rings (SSSR count). The van der Waals surface area contributed by atoms with Gasteiger partial charge in [0, 0.05) is 37.8 Å². The number of pyridine rings is 1. The van der Waals surface area contributed by atoms with Gasteiger partial charge in [0.1, 0.15) is 22.5 Å². The third-order valence-corrected chi connectivity index (χ3v) is 6.70. The number of amides is 1. The quantitative estimate of drug-likeness (QED) is 0.479. The van der Waals surface area contributed by atoms with E-state index >= 15 is 0 Å². The van der Waals surface area contributed by atoms with Crippen molar-refractivity contribution >= 4 is 33.3 Å². The molecule has 9 heteroatoms. The molecule has 1 amide bonds. The van der Waals surface area contributed by atoms with Gasteiger partial charge in [0.25, 0.3) is 5.91 Å². The van der Waals surface area contributed by atoms with Crippen molar-refractivity contribution in [3.05, 3.63) is 70.6 Å². The SMILES string of the molecule is Cc1nn(-c2ccc(F)cc2)c2sc(C(=O)N3CCN(c4ncccc4C#N)CC3)cc12. The number of benzene rings is 1. The van der Waals surface area contributed by atoms with E-state index in [0.29, 0.717) is 42.4 Å². The van der Waals surface area contributed by atoms with Gasteiger partial charge in [0.2, 0.25) is 0 Å². The van der Waals surface area contributed by atoms with Gasteiger partial charge >= 0.3 is 0 Å². The number of hydrogen-bond acceptors (Lipinski definition) is 6. The number of carbonyl (C=O) groups is 1. The molecular formula is C23H19FN6OS. The molecular weight excluding hydrogens is 427 g/mol. The van der Waals surface area contributed by atoms with Crippen molar-refractivity contribution in [3.63, 3.8) is 0 Å². The minimum absolute atomic E-state index is 0.0163. The van der Waals surface area contributed by atoms with E-state index in [1.807, 2.05) is 22.8 Å². The van der Waals surface area contributed by atoms with Crippen LogP contribution in [0.5, 0.6) is 0 Å². The van der Waals surface area contributed by atoms with Gasteiger partial charge in [0.15, 0.2) is 0 Å². The molecule has 0 saturated carbocycles. The zero-order chi connectivity index (χ0) is 22.2. The molecule has 32 heavy (non-hydrogen) atoms. The van der Waals surface area contributed by atoms with Gasteiger partial charge in [-0.3, -0.25) is 4.79 Å². The maximum Gasteiger partial charge on any atom is 0.264 e. The first-order valence-corrected chi connectivity index (χ1v) is 11.0. The second-order valence-electron chi connectivity index (χ2n) is 7.57. The number of nitriles is 1. The molecule has 1 aliphatic heterocycles. The normalized spacial score (nSPS) is 14.0. The molecule has 0 atom stereocenters. The fraction of sp³-hybridized carbons (Fsp3) is 0.217. The minimum atomic E-state index is -0.303. The third-order valence-electron chi connectivity index (χ3n) is 5.60. The van der Waals surface area contributed by atoms with Gasteiger partial charge < -0.3 is 9.80 Å². The van der Waals surface area contributed by atoms with Gasteiger partial charge in [-0.05, 0) is 49.4 Å². The third kappa shape index (κ3) is 3.48. The first kappa shape index (κ1) is 20.2. The molecule has 0 radical (unpaired) electrons. The van der Waals surface area contributed by atoms with Crippen LogP contribution in [0, 0.1) is 24.1 Å². The number of thiophene rings is 1. The number of piperazine rings is 1. The lowest BCUT2D eigenvalue weighted by Gasteiger charge is -2.35. The van der Waals surface area contributed by atoms with Crippen LogP contribution in [0.25, 0.3) is 15.9 Å². The van der Waals surface area contributed by atoms with Gasteiger partial charge in [0.05, 0.1) is 21.8 Å². The number of aryl methyl sites for hydroxylation is 1. The number of aromatic nitrogens is 3. The molecule has 0 bridgehead atoms. The Morgan fingerprint density at radius 3 is 2.62 bits per heavy atom. The van der Waals surface area contributed by atoms with E-state index < -0.39 is 0 Å². The predicted molar refractivity (Wildman–Crippen MR) is 121 cm³/mol. The molecule has 160 valence electrons. The van der Waals surface area contributed by atoms with Crippen molar-refractivity contribution in [2.75, 3.05) is 31.1 Å². The zero-order valence-electron chi connectivity index (χ0n) is 17.3. The Hall–Kier alpha value is -3.77. The summed E-state index contributed by atoms with van der Waals surface area (Å²) in [7, 11) is 0. The van der Waals surface area contributed by atoms with E-state index in [0.717, 1.165) is 21.6 Å². The van der Waals surface area contributed by atoms with Crippen LogP contribution in [0.15, 0.2) is 48.7 Å². The summed E-state index contributed by atoms with van der Waals surface area (Å²) in [4.78, 5) is 23.0. The summed E-state index contributed by atoms with van der Waals surface area (Å²) in [6.45, 7) is 4.24. The standard InChI is InChI=1S/C23H19FN6OS/c1-15-19-13-20(32-23(19)30(27-15)18-6-4-17(24)5-7-18)22(31)29-11-9-28(10-12-29)21-16(14-25)3-2-8-26-21/h2-8,13H,9-12H2,1H3. The van der Waals surface area contributed by atoms with Crippen LogP contribution < -0.4 is 4.90 Å². The van der Waals surface area contributed by atoms with E-state index in [4.69, 9.17) is 0 Å². The molecule has 7 nitrogen and oxygen atoms in total.